The Bertz CT molecular complexity index is 894. The Morgan fingerprint density at radius 2 is 2.10 bits per heavy atom. The zero-order chi connectivity index (χ0) is 21.1. The molecule has 1 aliphatic heterocycles. The van der Waals surface area contributed by atoms with Crippen LogP contribution in [0.25, 0.3) is 11.3 Å². The van der Waals surface area contributed by atoms with Gasteiger partial charge in [-0.15, -0.1) is 5.10 Å². The van der Waals surface area contributed by atoms with Gasteiger partial charge in [0.15, 0.2) is 0 Å². The molecule has 2 aromatic rings. The van der Waals surface area contributed by atoms with E-state index >= 15 is 0 Å². The summed E-state index contributed by atoms with van der Waals surface area (Å²) in [5, 5.41) is 20.3. The van der Waals surface area contributed by atoms with Crippen LogP contribution in [0.1, 0.15) is 38.3 Å². The molecule has 0 saturated heterocycles. The van der Waals surface area contributed by atoms with Crippen LogP contribution in [0.15, 0.2) is 24.4 Å². The van der Waals surface area contributed by atoms with E-state index < -0.39 is 6.09 Å². The van der Waals surface area contributed by atoms with Crippen LogP contribution in [0.3, 0.4) is 0 Å². The number of carbonyl (C=O) groups is 2. The highest BCUT2D eigenvalue weighted by Gasteiger charge is 2.33. The number of carbonyl (C=O) groups excluding carboxylic acids is 1. The fourth-order valence-electron chi connectivity index (χ4n) is 3.88. The van der Waals surface area contributed by atoms with E-state index in [1.807, 2.05) is 50.1 Å². The number of fused-ring (bicyclic) bond motifs is 1. The Morgan fingerprint density at radius 1 is 1.34 bits per heavy atom. The predicted octanol–water partition coefficient (Wildman–Crippen LogP) is 2.35. The van der Waals surface area contributed by atoms with Crippen molar-refractivity contribution < 1.29 is 14.7 Å². The second-order valence-corrected chi connectivity index (χ2v) is 7.77. The molecule has 0 unspecified atom stereocenters. The van der Waals surface area contributed by atoms with Crippen LogP contribution in [-0.4, -0.2) is 63.7 Å². The highest BCUT2D eigenvalue weighted by atomic mass is 16.4. The smallest absolute Gasteiger partial charge is 0.405 e. The summed E-state index contributed by atoms with van der Waals surface area (Å²) in [6.07, 6.45) is 2.29. The van der Waals surface area contributed by atoms with Crippen LogP contribution in [-0.2, 0) is 11.3 Å². The molecule has 9 nitrogen and oxygen atoms in total. The minimum absolute atomic E-state index is 0.0629. The van der Waals surface area contributed by atoms with Gasteiger partial charge in [-0.25, -0.2) is 4.79 Å². The lowest BCUT2D eigenvalue weighted by Gasteiger charge is -2.39. The monoisotopic (exact) mass is 400 g/mol. The third kappa shape index (κ3) is 4.73. The van der Waals surface area contributed by atoms with Crippen molar-refractivity contribution in [2.45, 2.75) is 45.3 Å². The molecule has 1 aliphatic rings. The Morgan fingerprint density at radius 3 is 2.76 bits per heavy atom. The lowest BCUT2D eigenvalue weighted by molar-refractivity contribution is -0.117. The van der Waals surface area contributed by atoms with Crippen molar-refractivity contribution in [1.82, 2.24) is 25.2 Å². The average Bonchev–Trinajstić information content (AvgIpc) is 3.09. The summed E-state index contributed by atoms with van der Waals surface area (Å²) in [5.41, 5.74) is 3.08. The first-order valence-corrected chi connectivity index (χ1v) is 9.74. The predicted molar refractivity (Wildman–Crippen MR) is 110 cm³/mol. The van der Waals surface area contributed by atoms with E-state index in [0.717, 1.165) is 42.0 Å². The summed E-state index contributed by atoms with van der Waals surface area (Å²) in [7, 11) is 4.07. The van der Waals surface area contributed by atoms with Gasteiger partial charge in [-0.3, -0.25) is 9.48 Å². The minimum Gasteiger partial charge on any atom is -0.465 e. The molecule has 9 heteroatoms. The summed E-state index contributed by atoms with van der Waals surface area (Å²) < 4.78 is 1.81. The number of nitrogens with one attached hydrogen (secondary N) is 1. The Kier molecular flexibility index (Phi) is 6.17. The molecule has 0 saturated carbocycles. The van der Waals surface area contributed by atoms with Gasteiger partial charge in [0.05, 0.1) is 12.2 Å². The highest BCUT2D eigenvalue weighted by Crippen LogP contribution is 2.39. The molecule has 3 rings (SSSR count). The normalized spacial score (nSPS) is 18.6. The van der Waals surface area contributed by atoms with Gasteiger partial charge < -0.3 is 20.2 Å². The highest BCUT2D eigenvalue weighted by molar-refractivity contribution is 5.94. The van der Waals surface area contributed by atoms with Gasteiger partial charge in [0.1, 0.15) is 5.69 Å². The molecular weight excluding hydrogens is 372 g/mol. The van der Waals surface area contributed by atoms with Gasteiger partial charge in [0.25, 0.3) is 0 Å². The molecule has 2 atom stereocenters. The Balaban J connectivity index is 1.90. The number of nitrogens with zero attached hydrogens (tertiary/aromatic N) is 5. The zero-order valence-electron chi connectivity index (χ0n) is 17.3. The zero-order valence-corrected chi connectivity index (χ0v) is 17.3. The largest absolute Gasteiger partial charge is 0.465 e. The SMILES string of the molecule is CC(=O)N1c2ccc(-c3cn(CCCN(C)C)nn3)cc2[C@H](NC(=O)O)C[C@@H]1C. The molecule has 0 aliphatic carbocycles. The van der Waals surface area contributed by atoms with Gasteiger partial charge in [0, 0.05) is 30.8 Å². The molecule has 1 aromatic carbocycles. The fraction of sp³-hybridized carbons (Fsp3) is 0.500. The summed E-state index contributed by atoms with van der Waals surface area (Å²) >= 11 is 0. The Hall–Kier alpha value is -2.94. The van der Waals surface area contributed by atoms with E-state index in [2.05, 4.69) is 20.5 Å². The van der Waals surface area contributed by atoms with Crippen molar-refractivity contribution in [3.05, 3.63) is 30.0 Å². The number of hydrogen-bond donors (Lipinski definition) is 2. The number of aryl methyl sites for hydroxylation is 1. The molecule has 0 fully saturated rings. The van der Waals surface area contributed by atoms with Crippen LogP contribution in [0.5, 0.6) is 0 Å². The maximum Gasteiger partial charge on any atom is 0.405 e. The van der Waals surface area contributed by atoms with E-state index in [1.54, 1.807) is 4.90 Å². The number of anilines is 1. The van der Waals surface area contributed by atoms with E-state index in [-0.39, 0.29) is 18.0 Å². The first-order valence-electron chi connectivity index (χ1n) is 9.74. The quantitative estimate of drug-likeness (QED) is 0.771. The van der Waals surface area contributed by atoms with Crippen LogP contribution < -0.4 is 10.2 Å². The number of rotatable bonds is 6. The van der Waals surface area contributed by atoms with E-state index in [1.165, 1.54) is 6.92 Å². The average molecular weight is 400 g/mol. The van der Waals surface area contributed by atoms with Gasteiger partial charge >= 0.3 is 6.09 Å². The number of amides is 2. The van der Waals surface area contributed by atoms with Crippen molar-refractivity contribution in [2.24, 2.45) is 0 Å². The topological polar surface area (TPSA) is 104 Å². The van der Waals surface area contributed by atoms with Gasteiger partial charge in [-0.05, 0) is 58.1 Å². The van der Waals surface area contributed by atoms with E-state index in [0.29, 0.717) is 6.42 Å². The molecule has 2 heterocycles. The fourth-order valence-corrected chi connectivity index (χ4v) is 3.88. The Labute approximate surface area is 170 Å². The van der Waals surface area contributed by atoms with Gasteiger partial charge in [-0.1, -0.05) is 11.3 Å². The minimum atomic E-state index is -1.08. The summed E-state index contributed by atoms with van der Waals surface area (Å²) in [4.78, 5) is 27.3. The maximum atomic E-state index is 12.2. The molecule has 29 heavy (non-hydrogen) atoms. The van der Waals surface area contributed by atoms with Crippen molar-refractivity contribution in [1.29, 1.82) is 0 Å². The van der Waals surface area contributed by atoms with Crippen LogP contribution in [0, 0.1) is 0 Å². The third-order valence-corrected chi connectivity index (χ3v) is 5.14. The van der Waals surface area contributed by atoms with Crippen molar-refractivity contribution >= 4 is 17.7 Å². The standard InChI is InChI=1S/C20H28N6O3/c1-13-10-17(21-20(28)29)16-11-15(6-7-19(16)26(13)14(2)27)18-12-25(23-22-18)9-5-8-24(3)4/h6-7,11-13,17,21H,5,8-10H2,1-4H3,(H,28,29)/t13-,17+/m0/s1. The number of carboxylic acid groups (broad SMARTS) is 1. The molecule has 0 bridgehead atoms. The van der Waals surface area contributed by atoms with Crippen LogP contribution >= 0.6 is 0 Å². The molecular formula is C20H28N6O3. The summed E-state index contributed by atoms with van der Waals surface area (Å²) in [6, 6.07) is 5.19. The molecule has 2 amide bonds. The van der Waals surface area contributed by atoms with Crippen molar-refractivity contribution in [3.63, 3.8) is 0 Å². The second-order valence-electron chi connectivity index (χ2n) is 7.77. The maximum absolute atomic E-state index is 12.2. The first kappa shape index (κ1) is 20.8. The van der Waals surface area contributed by atoms with Crippen LogP contribution in [0.2, 0.25) is 0 Å². The number of hydrogen-bond acceptors (Lipinski definition) is 5. The number of benzene rings is 1. The number of aromatic nitrogens is 3. The molecule has 156 valence electrons. The first-order chi connectivity index (χ1) is 13.8. The third-order valence-electron chi connectivity index (χ3n) is 5.14. The van der Waals surface area contributed by atoms with Crippen molar-refractivity contribution in [3.8, 4) is 11.3 Å². The van der Waals surface area contributed by atoms with E-state index in [4.69, 9.17) is 0 Å². The van der Waals surface area contributed by atoms with Gasteiger partial charge in [0.2, 0.25) is 5.91 Å². The molecule has 0 spiro atoms. The molecule has 2 N–H and O–H groups in total. The summed E-state index contributed by atoms with van der Waals surface area (Å²) in [6.45, 7) is 5.19. The van der Waals surface area contributed by atoms with Gasteiger partial charge in [-0.2, -0.15) is 0 Å². The summed E-state index contributed by atoms with van der Waals surface area (Å²) in [5.74, 6) is -0.0629. The lowest BCUT2D eigenvalue weighted by atomic mass is 9.90. The van der Waals surface area contributed by atoms with E-state index in [9.17, 15) is 14.7 Å². The molecule has 1 aromatic heterocycles. The lowest BCUT2D eigenvalue weighted by Crippen LogP contribution is -2.45. The second kappa shape index (κ2) is 8.60. The van der Waals surface area contributed by atoms with Crippen LogP contribution in [0.4, 0.5) is 10.5 Å². The van der Waals surface area contributed by atoms with Crippen molar-refractivity contribution in [2.75, 3.05) is 25.5 Å². The molecule has 0 radical (unpaired) electrons.